The zero-order valence-electron chi connectivity index (χ0n) is 45.4. The van der Waals surface area contributed by atoms with Crippen LogP contribution in [-0.4, -0.2) is 22.6 Å². The van der Waals surface area contributed by atoms with E-state index in [4.69, 9.17) is 12.1 Å². The zero-order valence-corrected chi connectivity index (χ0v) is 46.8. The Morgan fingerprint density at radius 2 is 1.30 bits per heavy atom. The van der Waals surface area contributed by atoms with Gasteiger partial charge in [-0.05, 0) is 87.2 Å². The van der Waals surface area contributed by atoms with Gasteiger partial charge in [0.25, 0.3) is 0 Å². The van der Waals surface area contributed by atoms with Crippen molar-refractivity contribution in [1.29, 1.82) is 0 Å². The Balaban J connectivity index is 0.000000214. The monoisotopic (exact) mass is 1200 g/mol. The van der Waals surface area contributed by atoms with E-state index in [1.165, 1.54) is 12.5 Å². The molecule has 3 heterocycles. The molecular formula is C70H58FIrN3OSi-2. The first kappa shape index (κ1) is 48.8. The molecule has 0 saturated heterocycles. The van der Waals surface area contributed by atoms with E-state index >= 15 is 0 Å². The van der Waals surface area contributed by atoms with Crippen molar-refractivity contribution >= 4 is 46.2 Å². The van der Waals surface area contributed by atoms with Crippen molar-refractivity contribution in [1.82, 2.24) is 14.5 Å². The van der Waals surface area contributed by atoms with Crippen LogP contribution in [0.1, 0.15) is 40.4 Å². The molecule has 1 saturated carbocycles. The van der Waals surface area contributed by atoms with Crippen LogP contribution in [0.15, 0.2) is 223 Å². The molecule has 7 heteroatoms. The second kappa shape index (κ2) is 22.4. The normalized spacial score (nSPS) is 13.4. The summed E-state index contributed by atoms with van der Waals surface area (Å²) in [5, 5.41) is 3.05. The third-order valence-electron chi connectivity index (χ3n) is 14.7. The number of hydrogen-bond donors (Lipinski definition) is 0. The molecule has 0 atom stereocenters. The predicted molar refractivity (Wildman–Crippen MR) is 316 cm³/mol. The van der Waals surface area contributed by atoms with Crippen molar-refractivity contribution in [3.05, 3.63) is 242 Å². The summed E-state index contributed by atoms with van der Waals surface area (Å²) in [5.74, 6) is 0.559. The quantitative estimate of drug-likeness (QED) is 0.101. The van der Waals surface area contributed by atoms with Crippen molar-refractivity contribution in [2.45, 2.75) is 58.1 Å². The van der Waals surface area contributed by atoms with E-state index in [9.17, 15) is 4.39 Å². The molecule has 3 aromatic heterocycles. The fraction of sp³-hybridized carbons (Fsp3) is 0.143. The van der Waals surface area contributed by atoms with Gasteiger partial charge in [0, 0.05) is 51.2 Å². The summed E-state index contributed by atoms with van der Waals surface area (Å²) in [6.45, 7) is 6.83. The van der Waals surface area contributed by atoms with E-state index in [0.717, 1.165) is 120 Å². The van der Waals surface area contributed by atoms with Gasteiger partial charge >= 0.3 is 0 Å². The number of benzene rings is 9. The Morgan fingerprint density at radius 1 is 0.636 bits per heavy atom. The summed E-state index contributed by atoms with van der Waals surface area (Å²) in [4.78, 5) is 9.97. The standard InChI is InChI=1S/C49H30FN2O.C21H28NSi.Ir/c50-42-21-11-10-20-37(42)36-24-26-39-46(31-36)53-48-40(28-27-38(47(39)48)33-16-6-2-7-17-33)49-51-43-22-12-13-23-45(43)52(49)44-29-25-35(32-14-4-1-5-15-32)30-41(44)34-18-8-3-9-19-34;1-23(2,3)21-16-22-20(18-12-8-5-9-13-18)15-19(21)14-17-10-6-4-7-11-17;/h1-27,29-31H;5,8-9,12,15-17H,4,6-7,10-11,14H2,1-3H3;/q2*-1;/i;14D2;. The molecule has 13 rings (SSSR count). The van der Waals surface area contributed by atoms with Gasteiger partial charge in [0.1, 0.15) is 11.4 Å². The molecule has 0 aliphatic heterocycles. The second-order valence-corrected chi connectivity index (χ2v) is 25.8. The van der Waals surface area contributed by atoms with Gasteiger partial charge in [-0.15, -0.1) is 48.0 Å². The van der Waals surface area contributed by atoms with Crippen LogP contribution in [0.3, 0.4) is 0 Å². The Labute approximate surface area is 468 Å². The van der Waals surface area contributed by atoms with Crippen LogP contribution in [-0.2, 0) is 26.5 Å². The molecule has 1 aliphatic rings. The zero-order chi connectivity index (χ0) is 53.4. The molecule has 0 amide bonds. The van der Waals surface area contributed by atoms with E-state index in [2.05, 4.69) is 126 Å². The number of pyridine rings is 1. The molecule has 1 fully saturated rings. The third kappa shape index (κ3) is 10.6. The van der Waals surface area contributed by atoms with Crippen molar-refractivity contribution in [2.24, 2.45) is 5.92 Å². The average Bonchev–Trinajstić information content (AvgIpc) is 4.28. The van der Waals surface area contributed by atoms with Gasteiger partial charge in [-0.25, -0.2) is 4.39 Å². The van der Waals surface area contributed by atoms with Gasteiger partial charge in [0.05, 0.1) is 30.5 Å². The number of halogens is 1. The number of imidazole rings is 1. The van der Waals surface area contributed by atoms with Crippen molar-refractivity contribution in [3.63, 3.8) is 0 Å². The number of hydrogen-bond acceptors (Lipinski definition) is 3. The van der Waals surface area contributed by atoms with E-state index < -0.39 is 14.4 Å². The molecule has 0 bridgehead atoms. The Hall–Kier alpha value is -7.80. The smallest absolute Gasteiger partial charge is 0.131 e. The van der Waals surface area contributed by atoms with Crippen molar-refractivity contribution in [2.75, 3.05) is 0 Å². The number of nitrogens with zero attached hydrogens (tertiary/aromatic N) is 3. The third-order valence-corrected chi connectivity index (χ3v) is 16.7. The summed E-state index contributed by atoms with van der Waals surface area (Å²) in [7, 11) is -1.69. The number of para-hydroxylation sites is 2. The maximum absolute atomic E-state index is 15.0. The first-order valence-corrected chi connectivity index (χ1v) is 29.9. The van der Waals surface area contributed by atoms with Crippen molar-refractivity contribution < 1.29 is 31.7 Å². The summed E-state index contributed by atoms with van der Waals surface area (Å²) >= 11 is 0. The number of fused-ring (bicyclic) bond motifs is 4. The molecule has 0 spiro atoms. The Bertz CT molecular complexity index is 4100. The Kier molecular flexibility index (Phi) is 14.2. The molecule has 9 aromatic carbocycles. The fourth-order valence-corrected chi connectivity index (χ4v) is 12.3. The number of rotatable bonds is 10. The molecule has 77 heavy (non-hydrogen) atoms. The summed E-state index contributed by atoms with van der Waals surface area (Å²) in [6, 6.07) is 77.6. The topological polar surface area (TPSA) is 43.9 Å². The van der Waals surface area contributed by atoms with E-state index in [1.54, 1.807) is 12.1 Å². The van der Waals surface area contributed by atoms with Crippen molar-refractivity contribution in [3.8, 4) is 72.8 Å². The van der Waals surface area contributed by atoms with E-state index in [-0.39, 0.29) is 31.8 Å². The summed E-state index contributed by atoms with van der Waals surface area (Å²) < 4.78 is 42.1. The molecule has 0 unspecified atom stereocenters. The van der Waals surface area contributed by atoms with E-state index in [1.807, 2.05) is 115 Å². The molecule has 1 radical (unpaired) electrons. The Morgan fingerprint density at radius 3 is 2.01 bits per heavy atom. The maximum atomic E-state index is 15.0. The second-order valence-electron chi connectivity index (χ2n) is 20.8. The van der Waals surface area contributed by atoms with Gasteiger partial charge in [-0.2, -0.15) is 0 Å². The van der Waals surface area contributed by atoms with Crippen LogP contribution in [0, 0.1) is 23.9 Å². The van der Waals surface area contributed by atoms with Gasteiger partial charge in [0.15, 0.2) is 0 Å². The fourth-order valence-electron chi connectivity index (χ4n) is 10.9. The summed E-state index contributed by atoms with van der Waals surface area (Å²) in [5.41, 5.74) is 15.3. The summed E-state index contributed by atoms with van der Waals surface area (Å²) in [6.07, 6.45) is 6.18. The van der Waals surface area contributed by atoms with Crippen LogP contribution in [0.5, 0.6) is 0 Å². The number of furan rings is 1. The van der Waals surface area contributed by atoms with Gasteiger partial charge < -0.3 is 14.0 Å². The molecular weight excluding hydrogens is 1140 g/mol. The van der Waals surface area contributed by atoms with Crippen LogP contribution < -0.4 is 5.19 Å². The van der Waals surface area contributed by atoms with Gasteiger partial charge in [0.2, 0.25) is 0 Å². The minimum atomic E-state index is -1.69. The minimum absolute atomic E-state index is 0. The SMILES string of the molecule is Fc1ccccc1-c1ccc2c(c1)oc1c(-c3nc4ccccc4n3-c3ccc(-c4ccccc4)cc3-c3ccccc3)[c-]cc(-c3ccccc3)c12.[2H]C([2H])(c1cc(-c2[c-]cccc2)ncc1[Si](C)(C)C)C1CCCCC1.[Ir]. The maximum Gasteiger partial charge on any atom is 0.131 e. The molecule has 381 valence electrons. The van der Waals surface area contributed by atoms with Crippen LogP contribution in [0.25, 0.3) is 106 Å². The van der Waals surface area contributed by atoms with Crippen LogP contribution in [0.4, 0.5) is 4.39 Å². The average molecular weight is 1200 g/mol. The molecule has 0 N–H and O–H groups in total. The number of aromatic nitrogens is 3. The van der Waals surface area contributed by atoms with Crippen LogP contribution in [0.2, 0.25) is 19.6 Å². The molecule has 4 nitrogen and oxygen atoms in total. The molecule has 1 aliphatic carbocycles. The minimum Gasteiger partial charge on any atom is -0.500 e. The van der Waals surface area contributed by atoms with Gasteiger partial charge in [-0.1, -0.05) is 220 Å². The largest absolute Gasteiger partial charge is 0.500 e. The molecule has 12 aromatic rings. The van der Waals surface area contributed by atoms with Gasteiger partial charge in [-0.3, -0.25) is 4.98 Å². The van der Waals surface area contributed by atoms with Crippen LogP contribution >= 0.6 is 0 Å². The predicted octanol–water partition coefficient (Wildman–Crippen LogP) is 18.4. The van der Waals surface area contributed by atoms with E-state index in [0.29, 0.717) is 22.6 Å². The first-order valence-electron chi connectivity index (χ1n) is 27.4. The first-order chi connectivity index (χ1) is 38.0.